The van der Waals surface area contributed by atoms with Crippen LogP contribution in [0.25, 0.3) is 0 Å². The van der Waals surface area contributed by atoms with Crippen molar-refractivity contribution in [3.8, 4) is 0 Å². The molecule has 4 aliphatic rings. The zero-order valence-electron chi connectivity index (χ0n) is 21.8. The van der Waals surface area contributed by atoms with Crippen molar-refractivity contribution in [1.29, 1.82) is 0 Å². The van der Waals surface area contributed by atoms with E-state index >= 15 is 0 Å². The van der Waals surface area contributed by atoms with Gasteiger partial charge >= 0.3 is 0 Å². The summed E-state index contributed by atoms with van der Waals surface area (Å²) in [6.45, 7) is 6.87. The van der Waals surface area contributed by atoms with E-state index in [0.717, 1.165) is 32.2 Å². The highest BCUT2D eigenvalue weighted by Gasteiger charge is 2.65. The Kier molecular flexibility index (Phi) is 6.95. The predicted molar refractivity (Wildman–Crippen MR) is 140 cm³/mol. The molecule has 5 rings (SSSR count). The number of aliphatic hydroxyl groups is 1. The molecule has 0 bridgehead atoms. The van der Waals surface area contributed by atoms with Gasteiger partial charge in [-0.3, -0.25) is 14.4 Å². The van der Waals surface area contributed by atoms with Gasteiger partial charge in [0.25, 0.3) is 5.91 Å². The number of ether oxygens (including phenoxy) is 1. The summed E-state index contributed by atoms with van der Waals surface area (Å²) in [5, 5.41) is 18.8. The fourth-order valence-electron chi connectivity index (χ4n) is 6.96. The summed E-state index contributed by atoms with van der Waals surface area (Å²) in [6, 6.07) is 4.87. The molecule has 0 aliphatic carbocycles. The van der Waals surface area contributed by atoms with Crippen LogP contribution in [0.1, 0.15) is 44.6 Å². The Morgan fingerprint density at radius 2 is 2.05 bits per heavy atom. The Bertz CT molecular complexity index is 1090. The number of anilines is 2. The second-order valence-corrected chi connectivity index (χ2v) is 15.5. The molecular weight excluding hydrogens is 492 g/mol. The van der Waals surface area contributed by atoms with Crippen molar-refractivity contribution in [3.05, 3.63) is 23.8 Å². The van der Waals surface area contributed by atoms with Gasteiger partial charge in [-0.05, 0) is 63.5 Å². The molecule has 6 atom stereocenters. The lowest BCUT2D eigenvalue weighted by molar-refractivity contribution is -0.148. The summed E-state index contributed by atoms with van der Waals surface area (Å²) in [6.07, 6.45) is 2.73. The smallest absolute Gasteiger partial charge is 0.261 e. The van der Waals surface area contributed by atoms with Crippen LogP contribution in [0.4, 0.5) is 11.4 Å². The average Bonchev–Trinajstić information content (AvgIpc) is 3.61. The van der Waals surface area contributed by atoms with Gasteiger partial charge in [0, 0.05) is 34.9 Å². The van der Waals surface area contributed by atoms with E-state index in [4.69, 9.17) is 4.74 Å². The molecule has 4 aliphatic heterocycles. The molecule has 1 aromatic carbocycles. The Morgan fingerprint density at radius 3 is 2.73 bits per heavy atom. The van der Waals surface area contributed by atoms with Crippen molar-refractivity contribution in [2.45, 2.75) is 81.5 Å². The number of nitrogens with zero attached hydrogens (tertiary/aromatic N) is 1. The lowest BCUT2D eigenvalue weighted by atomic mass is 9.82. The summed E-state index contributed by atoms with van der Waals surface area (Å²) >= 11 is 0. The molecule has 4 heterocycles. The third kappa shape index (κ3) is 4.50. The third-order valence-electron chi connectivity index (χ3n) is 8.67. The zero-order chi connectivity index (χ0) is 26.5. The quantitative estimate of drug-likeness (QED) is 0.351. The van der Waals surface area contributed by atoms with E-state index in [2.05, 4.69) is 16.0 Å². The monoisotopic (exact) mass is 530 g/mol. The molecule has 1 aromatic rings. The van der Waals surface area contributed by atoms with Gasteiger partial charge in [0.2, 0.25) is 11.8 Å². The molecule has 3 fully saturated rings. The number of fused-ring (bicyclic) bond motifs is 2. The van der Waals surface area contributed by atoms with Crippen molar-refractivity contribution in [1.82, 2.24) is 10.2 Å². The number of rotatable bonds is 6. The van der Waals surface area contributed by atoms with Crippen molar-refractivity contribution in [2.75, 3.05) is 30.3 Å². The van der Waals surface area contributed by atoms with Crippen molar-refractivity contribution in [3.63, 3.8) is 0 Å². The van der Waals surface area contributed by atoms with Gasteiger partial charge in [-0.2, -0.15) is 0 Å². The van der Waals surface area contributed by atoms with Crippen LogP contribution < -0.4 is 16.0 Å². The van der Waals surface area contributed by atoms with Gasteiger partial charge in [0.1, 0.15) is 0 Å². The van der Waals surface area contributed by atoms with Crippen molar-refractivity contribution >= 4 is 37.4 Å². The highest BCUT2D eigenvalue weighted by Crippen LogP contribution is 2.58. The second kappa shape index (κ2) is 9.77. The molecule has 0 unspecified atom stereocenters. The molecule has 202 valence electrons. The van der Waals surface area contributed by atoms with Gasteiger partial charge in [0.15, 0.2) is 13.9 Å². The van der Waals surface area contributed by atoms with Gasteiger partial charge in [-0.25, -0.2) is 0 Å². The second-order valence-electron chi connectivity index (χ2n) is 11.5. The SMILES string of the molecule is C[C@@H]1[C@@H]([Si](C)(C)O)[C@H](CC(=O)N2CCC[C@H]2CO)O[C@@]12C(=O)Nc1ccc(NC(=O)[C@H]3CCCN3)cc12. The highest BCUT2D eigenvalue weighted by molar-refractivity contribution is 6.71. The van der Waals surface area contributed by atoms with Crippen LogP contribution >= 0.6 is 0 Å². The molecule has 3 saturated heterocycles. The van der Waals surface area contributed by atoms with Crippen molar-refractivity contribution < 1.29 is 29.0 Å². The number of benzene rings is 1. The minimum atomic E-state index is -2.89. The van der Waals surface area contributed by atoms with Crippen LogP contribution in [0.15, 0.2) is 18.2 Å². The summed E-state index contributed by atoms with van der Waals surface area (Å²) < 4.78 is 6.59. The van der Waals surface area contributed by atoms with Crippen LogP contribution in [0, 0.1) is 5.92 Å². The van der Waals surface area contributed by atoms with E-state index in [0.29, 0.717) is 23.5 Å². The molecule has 5 N–H and O–H groups in total. The highest BCUT2D eigenvalue weighted by atomic mass is 28.4. The molecule has 1 spiro atoms. The maximum absolute atomic E-state index is 13.5. The van der Waals surface area contributed by atoms with E-state index in [1.165, 1.54) is 0 Å². The topological polar surface area (TPSA) is 140 Å². The van der Waals surface area contributed by atoms with Crippen LogP contribution in [0.5, 0.6) is 0 Å². The minimum absolute atomic E-state index is 0.0383. The fraction of sp³-hybridized carbons (Fsp3) is 0.654. The molecule has 0 saturated carbocycles. The summed E-state index contributed by atoms with van der Waals surface area (Å²) in [7, 11) is -2.89. The maximum atomic E-state index is 13.5. The summed E-state index contributed by atoms with van der Waals surface area (Å²) in [4.78, 5) is 52.6. The third-order valence-corrected chi connectivity index (χ3v) is 11.2. The number of hydrogen-bond acceptors (Lipinski definition) is 7. The molecule has 10 nitrogen and oxygen atoms in total. The van der Waals surface area contributed by atoms with Gasteiger partial charge in [0.05, 0.1) is 31.2 Å². The van der Waals surface area contributed by atoms with Crippen LogP contribution in [-0.4, -0.2) is 78.7 Å². The first-order valence-corrected chi connectivity index (χ1v) is 16.4. The Morgan fingerprint density at radius 1 is 1.27 bits per heavy atom. The number of likely N-dealkylation sites (tertiary alicyclic amines) is 1. The number of aliphatic hydroxyl groups excluding tert-OH is 1. The number of amides is 3. The van der Waals surface area contributed by atoms with E-state index in [1.807, 2.05) is 20.0 Å². The minimum Gasteiger partial charge on any atom is -0.432 e. The van der Waals surface area contributed by atoms with Crippen LogP contribution in [0.3, 0.4) is 0 Å². The molecular formula is C26H38N4O6Si. The Labute approximate surface area is 218 Å². The lowest BCUT2D eigenvalue weighted by Crippen LogP contribution is -2.44. The summed E-state index contributed by atoms with van der Waals surface area (Å²) in [5.74, 6) is -0.951. The zero-order valence-corrected chi connectivity index (χ0v) is 22.8. The molecule has 11 heteroatoms. The van der Waals surface area contributed by atoms with Gasteiger partial charge < -0.3 is 35.5 Å². The van der Waals surface area contributed by atoms with E-state index in [9.17, 15) is 24.3 Å². The number of carbonyl (C=O) groups is 3. The normalized spacial score (nSPS) is 33.2. The van der Waals surface area contributed by atoms with Gasteiger partial charge in [-0.1, -0.05) is 6.92 Å². The summed E-state index contributed by atoms with van der Waals surface area (Å²) in [5.41, 5.74) is 0.0607. The number of hydrogen-bond donors (Lipinski definition) is 5. The standard InChI is InChI=1S/C26H38N4O6Si/c1-15-23(37(2,3)35)21(13-22(32)30-11-5-6-17(30)14-31)36-26(15)18-12-16(8-9-19(18)29-25(26)34)28-24(33)20-7-4-10-27-20/h8-9,12,15,17,20-21,23,27,31,35H,4-7,10-11,13-14H2,1-3H3,(H,28,33)(H,29,34)/t15-,17+,20-,21+,23-,26+/m1/s1. The Hall–Kier alpha value is -2.31. The lowest BCUT2D eigenvalue weighted by Gasteiger charge is -2.32. The van der Waals surface area contributed by atoms with E-state index in [-0.39, 0.29) is 48.4 Å². The molecule has 0 radical (unpaired) electrons. The average molecular weight is 531 g/mol. The van der Waals surface area contributed by atoms with E-state index in [1.54, 1.807) is 23.1 Å². The number of carbonyl (C=O) groups excluding carboxylic acids is 3. The maximum Gasteiger partial charge on any atom is 0.261 e. The molecule has 0 aromatic heterocycles. The first kappa shape index (κ1) is 26.3. The van der Waals surface area contributed by atoms with Gasteiger partial charge in [-0.15, -0.1) is 0 Å². The largest absolute Gasteiger partial charge is 0.432 e. The van der Waals surface area contributed by atoms with E-state index < -0.39 is 25.9 Å². The first-order valence-electron chi connectivity index (χ1n) is 13.4. The Balaban J connectivity index is 1.45. The van der Waals surface area contributed by atoms with Crippen LogP contribution in [0.2, 0.25) is 18.6 Å². The van der Waals surface area contributed by atoms with Crippen molar-refractivity contribution in [2.24, 2.45) is 5.92 Å². The molecule has 37 heavy (non-hydrogen) atoms. The molecule has 3 amide bonds. The predicted octanol–water partition coefficient (Wildman–Crippen LogP) is 1.50. The number of nitrogens with one attached hydrogen (secondary N) is 3. The fourth-order valence-corrected chi connectivity index (χ4v) is 9.51. The van der Waals surface area contributed by atoms with Crippen LogP contribution in [-0.2, 0) is 24.7 Å². The first-order chi connectivity index (χ1) is 17.6.